The van der Waals surface area contributed by atoms with Gasteiger partial charge in [-0.25, -0.2) is 0 Å². The van der Waals surface area contributed by atoms with E-state index in [1.54, 1.807) is 18.2 Å². The molecule has 0 atom stereocenters. The molecule has 0 unspecified atom stereocenters. The third-order valence-electron chi connectivity index (χ3n) is 2.44. The van der Waals surface area contributed by atoms with Gasteiger partial charge >= 0.3 is 0 Å². The van der Waals surface area contributed by atoms with Crippen LogP contribution in [0.2, 0.25) is 0 Å². The second kappa shape index (κ2) is 4.67. The van der Waals surface area contributed by atoms with Gasteiger partial charge in [-0.1, -0.05) is 22.0 Å². The number of aryl methyl sites for hydroxylation is 1. The SMILES string of the molecule is Cc1ccc(Br)cc1Oc1ccc(N)c(N)c1. The van der Waals surface area contributed by atoms with Crippen molar-refractivity contribution in [1.29, 1.82) is 0 Å². The van der Waals surface area contributed by atoms with Crippen molar-refractivity contribution in [2.75, 3.05) is 11.5 Å². The van der Waals surface area contributed by atoms with Gasteiger partial charge in [-0.3, -0.25) is 0 Å². The van der Waals surface area contributed by atoms with E-state index >= 15 is 0 Å². The van der Waals surface area contributed by atoms with Gasteiger partial charge in [0.25, 0.3) is 0 Å². The number of nitrogens with two attached hydrogens (primary N) is 2. The second-order valence-electron chi connectivity index (χ2n) is 3.80. The van der Waals surface area contributed by atoms with Crippen LogP contribution in [0.4, 0.5) is 11.4 Å². The molecule has 0 saturated heterocycles. The zero-order valence-corrected chi connectivity index (χ0v) is 11.0. The maximum Gasteiger partial charge on any atom is 0.131 e. The zero-order chi connectivity index (χ0) is 12.4. The van der Waals surface area contributed by atoms with Gasteiger partial charge in [0.05, 0.1) is 11.4 Å². The van der Waals surface area contributed by atoms with Gasteiger partial charge in [0, 0.05) is 10.5 Å². The average molecular weight is 293 g/mol. The minimum Gasteiger partial charge on any atom is -0.457 e. The van der Waals surface area contributed by atoms with E-state index in [0.717, 1.165) is 15.8 Å². The fraction of sp³-hybridized carbons (Fsp3) is 0.0769. The topological polar surface area (TPSA) is 61.3 Å². The molecule has 0 heterocycles. The summed E-state index contributed by atoms with van der Waals surface area (Å²) in [6.07, 6.45) is 0. The molecule has 0 aliphatic rings. The Bertz CT molecular complexity index is 555. The Labute approximate surface area is 109 Å². The van der Waals surface area contributed by atoms with Crippen LogP contribution < -0.4 is 16.2 Å². The molecule has 0 saturated carbocycles. The normalized spacial score (nSPS) is 10.2. The first-order valence-electron chi connectivity index (χ1n) is 5.15. The number of benzene rings is 2. The van der Waals surface area contributed by atoms with Gasteiger partial charge in [-0.2, -0.15) is 0 Å². The quantitative estimate of drug-likeness (QED) is 0.830. The molecule has 4 heteroatoms. The van der Waals surface area contributed by atoms with Crippen LogP contribution in [-0.2, 0) is 0 Å². The Morgan fingerprint density at radius 3 is 2.47 bits per heavy atom. The van der Waals surface area contributed by atoms with Crippen LogP contribution in [-0.4, -0.2) is 0 Å². The maximum atomic E-state index is 5.76. The van der Waals surface area contributed by atoms with Crippen LogP contribution in [0.5, 0.6) is 11.5 Å². The molecule has 0 aliphatic carbocycles. The van der Waals surface area contributed by atoms with E-state index in [1.165, 1.54) is 0 Å². The summed E-state index contributed by atoms with van der Waals surface area (Å²) in [5.41, 5.74) is 13.5. The number of rotatable bonds is 2. The summed E-state index contributed by atoms with van der Waals surface area (Å²) in [6.45, 7) is 1.99. The Balaban J connectivity index is 2.31. The van der Waals surface area contributed by atoms with Crippen LogP contribution >= 0.6 is 15.9 Å². The minimum atomic E-state index is 0.523. The molecule has 2 aromatic rings. The highest BCUT2D eigenvalue weighted by Crippen LogP contribution is 2.30. The number of ether oxygens (including phenoxy) is 1. The molecular weight excluding hydrogens is 280 g/mol. The van der Waals surface area contributed by atoms with Gasteiger partial charge in [0.2, 0.25) is 0 Å². The summed E-state index contributed by atoms with van der Waals surface area (Å²) in [6, 6.07) is 11.1. The van der Waals surface area contributed by atoms with Gasteiger partial charge in [0.1, 0.15) is 11.5 Å². The van der Waals surface area contributed by atoms with E-state index in [9.17, 15) is 0 Å². The molecule has 0 fully saturated rings. The molecule has 2 aromatic carbocycles. The molecule has 4 N–H and O–H groups in total. The van der Waals surface area contributed by atoms with Gasteiger partial charge in [0.15, 0.2) is 0 Å². The standard InChI is InChI=1S/C13H13BrN2O/c1-8-2-3-9(14)6-13(8)17-10-4-5-11(15)12(16)7-10/h2-7H,15-16H2,1H3. The number of anilines is 2. The summed E-state index contributed by atoms with van der Waals surface area (Å²) in [5, 5.41) is 0. The summed E-state index contributed by atoms with van der Waals surface area (Å²) in [4.78, 5) is 0. The van der Waals surface area contributed by atoms with Crippen LogP contribution in [0.15, 0.2) is 40.9 Å². The maximum absolute atomic E-state index is 5.76. The first-order chi connectivity index (χ1) is 8.06. The second-order valence-corrected chi connectivity index (χ2v) is 4.72. The minimum absolute atomic E-state index is 0.523. The Hall–Kier alpha value is -1.68. The van der Waals surface area contributed by atoms with Crippen molar-refractivity contribution in [3.8, 4) is 11.5 Å². The number of halogens is 1. The highest BCUT2D eigenvalue weighted by molar-refractivity contribution is 9.10. The summed E-state index contributed by atoms with van der Waals surface area (Å²) >= 11 is 3.41. The predicted octanol–water partition coefficient (Wildman–Crippen LogP) is 3.71. The fourth-order valence-corrected chi connectivity index (χ4v) is 1.77. The molecule has 3 nitrogen and oxygen atoms in total. The average Bonchev–Trinajstić information content (AvgIpc) is 2.29. The molecule has 17 heavy (non-hydrogen) atoms. The van der Waals surface area contributed by atoms with Gasteiger partial charge in [-0.15, -0.1) is 0 Å². The molecule has 0 aliphatic heterocycles. The largest absolute Gasteiger partial charge is 0.457 e. The molecule has 2 rings (SSSR count). The van der Waals surface area contributed by atoms with Crippen molar-refractivity contribution in [3.63, 3.8) is 0 Å². The lowest BCUT2D eigenvalue weighted by Crippen LogP contribution is -1.95. The van der Waals surface area contributed by atoms with Gasteiger partial charge in [-0.05, 0) is 36.8 Å². The number of hydrogen-bond donors (Lipinski definition) is 2. The highest BCUT2D eigenvalue weighted by atomic mass is 79.9. The first-order valence-corrected chi connectivity index (χ1v) is 5.94. The molecule has 0 aromatic heterocycles. The Morgan fingerprint density at radius 1 is 1.00 bits per heavy atom. The summed E-state index contributed by atoms with van der Waals surface area (Å²) in [5.74, 6) is 1.47. The monoisotopic (exact) mass is 292 g/mol. The lowest BCUT2D eigenvalue weighted by molar-refractivity contribution is 0.479. The van der Waals surface area contributed by atoms with Crippen molar-refractivity contribution >= 4 is 27.3 Å². The van der Waals surface area contributed by atoms with Crippen LogP contribution in [0.25, 0.3) is 0 Å². The van der Waals surface area contributed by atoms with Crippen molar-refractivity contribution < 1.29 is 4.74 Å². The molecule has 0 spiro atoms. The van der Waals surface area contributed by atoms with Crippen molar-refractivity contribution in [1.82, 2.24) is 0 Å². The van der Waals surface area contributed by atoms with Crippen molar-refractivity contribution in [3.05, 3.63) is 46.4 Å². The van der Waals surface area contributed by atoms with Gasteiger partial charge < -0.3 is 16.2 Å². The zero-order valence-electron chi connectivity index (χ0n) is 9.41. The summed E-state index contributed by atoms with van der Waals surface area (Å²) < 4.78 is 6.73. The third kappa shape index (κ3) is 2.71. The number of hydrogen-bond acceptors (Lipinski definition) is 3. The lowest BCUT2D eigenvalue weighted by atomic mass is 10.2. The Morgan fingerprint density at radius 2 is 1.76 bits per heavy atom. The van der Waals surface area contributed by atoms with E-state index < -0.39 is 0 Å². The van der Waals surface area contributed by atoms with Crippen LogP contribution in [0.1, 0.15) is 5.56 Å². The molecule has 0 amide bonds. The van der Waals surface area contributed by atoms with E-state index in [4.69, 9.17) is 16.2 Å². The van der Waals surface area contributed by atoms with Crippen LogP contribution in [0, 0.1) is 6.92 Å². The van der Waals surface area contributed by atoms with E-state index in [1.807, 2.05) is 25.1 Å². The lowest BCUT2D eigenvalue weighted by Gasteiger charge is -2.10. The van der Waals surface area contributed by atoms with Crippen LogP contribution in [0.3, 0.4) is 0 Å². The highest BCUT2D eigenvalue weighted by Gasteiger charge is 2.04. The summed E-state index contributed by atoms with van der Waals surface area (Å²) in [7, 11) is 0. The van der Waals surface area contributed by atoms with Crippen molar-refractivity contribution in [2.45, 2.75) is 6.92 Å². The molecule has 0 radical (unpaired) electrons. The smallest absolute Gasteiger partial charge is 0.131 e. The fourth-order valence-electron chi connectivity index (χ4n) is 1.43. The predicted molar refractivity (Wildman–Crippen MR) is 74.2 cm³/mol. The Kier molecular flexibility index (Phi) is 3.24. The molecular formula is C13H13BrN2O. The van der Waals surface area contributed by atoms with Crippen molar-refractivity contribution in [2.24, 2.45) is 0 Å². The van der Waals surface area contributed by atoms with E-state index in [2.05, 4.69) is 15.9 Å². The third-order valence-corrected chi connectivity index (χ3v) is 2.93. The number of nitrogen functional groups attached to an aromatic ring is 2. The molecule has 88 valence electrons. The van der Waals surface area contributed by atoms with E-state index in [0.29, 0.717) is 17.1 Å². The first kappa shape index (κ1) is 11.8. The van der Waals surface area contributed by atoms with E-state index in [-0.39, 0.29) is 0 Å². The molecule has 0 bridgehead atoms.